The predicted octanol–water partition coefficient (Wildman–Crippen LogP) is 4.10. The molecule has 0 bridgehead atoms. The molecule has 0 aromatic heterocycles. The number of nitrogens with one attached hydrogen (secondary N) is 2. The molecule has 6 heteroatoms. The van der Waals surface area contributed by atoms with Gasteiger partial charge in [-0.2, -0.15) is 0 Å². The molecule has 0 saturated carbocycles. The van der Waals surface area contributed by atoms with Gasteiger partial charge in [0.25, 0.3) is 5.91 Å². The van der Waals surface area contributed by atoms with Crippen LogP contribution in [0.15, 0.2) is 48.5 Å². The first-order chi connectivity index (χ1) is 15.9. The van der Waals surface area contributed by atoms with Crippen molar-refractivity contribution < 1.29 is 14.3 Å². The molecule has 1 aliphatic rings. The summed E-state index contributed by atoms with van der Waals surface area (Å²) < 4.78 is 5.31. The van der Waals surface area contributed by atoms with Crippen LogP contribution in [0.5, 0.6) is 5.75 Å². The van der Waals surface area contributed by atoms with Crippen molar-refractivity contribution in [1.29, 1.82) is 0 Å². The maximum Gasteiger partial charge on any atom is 0.251 e. The zero-order valence-corrected chi connectivity index (χ0v) is 20.3. The van der Waals surface area contributed by atoms with Gasteiger partial charge in [-0.05, 0) is 68.6 Å². The molecule has 178 valence electrons. The summed E-state index contributed by atoms with van der Waals surface area (Å²) in [7, 11) is 1.66. The van der Waals surface area contributed by atoms with Gasteiger partial charge in [0.1, 0.15) is 11.8 Å². The van der Waals surface area contributed by atoms with Crippen molar-refractivity contribution in [2.45, 2.75) is 52.1 Å². The van der Waals surface area contributed by atoms with Gasteiger partial charge in [0.15, 0.2) is 0 Å². The molecule has 1 heterocycles. The van der Waals surface area contributed by atoms with E-state index in [1.807, 2.05) is 45.0 Å². The maximum absolute atomic E-state index is 13.2. The van der Waals surface area contributed by atoms with Crippen molar-refractivity contribution >= 4 is 11.8 Å². The average molecular weight is 452 g/mol. The number of carbonyl (C=O) groups is 2. The molecule has 2 atom stereocenters. The number of benzene rings is 2. The van der Waals surface area contributed by atoms with Gasteiger partial charge in [-0.1, -0.05) is 50.1 Å². The summed E-state index contributed by atoms with van der Waals surface area (Å²) in [6.07, 6.45) is 3.59. The van der Waals surface area contributed by atoms with Gasteiger partial charge in [-0.3, -0.25) is 14.5 Å². The number of hydrogen-bond donors (Lipinski definition) is 2. The molecule has 0 aliphatic carbocycles. The van der Waals surface area contributed by atoms with Crippen LogP contribution in [0.25, 0.3) is 0 Å². The predicted molar refractivity (Wildman–Crippen MR) is 131 cm³/mol. The van der Waals surface area contributed by atoms with Crippen molar-refractivity contribution in [3.63, 3.8) is 0 Å². The van der Waals surface area contributed by atoms with Crippen LogP contribution < -0.4 is 15.4 Å². The first kappa shape index (κ1) is 24.8. The van der Waals surface area contributed by atoms with Gasteiger partial charge in [0.05, 0.1) is 13.2 Å². The number of carbonyl (C=O) groups excluding carboxylic acids is 2. The Kier molecular flexibility index (Phi) is 8.89. The first-order valence-electron chi connectivity index (χ1n) is 11.9. The molecule has 2 unspecified atom stereocenters. The number of hydrogen-bond acceptors (Lipinski definition) is 4. The highest BCUT2D eigenvalue weighted by molar-refractivity contribution is 5.97. The second-order valence-electron chi connectivity index (χ2n) is 9.19. The molecule has 6 nitrogen and oxygen atoms in total. The molecular formula is C27H37N3O3. The zero-order valence-electron chi connectivity index (χ0n) is 20.3. The van der Waals surface area contributed by atoms with Crippen LogP contribution in [0.4, 0.5) is 0 Å². The first-order valence-corrected chi connectivity index (χ1v) is 11.9. The minimum atomic E-state index is -0.600. The second kappa shape index (κ2) is 11.8. The Hall–Kier alpha value is -2.86. The van der Waals surface area contributed by atoms with Crippen LogP contribution in [-0.2, 0) is 4.79 Å². The fourth-order valence-electron chi connectivity index (χ4n) is 4.29. The Morgan fingerprint density at radius 1 is 0.970 bits per heavy atom. The van der Waals surface area contributed by atoms with Gasteiger partial charge in [0, 0.05) is 12.1 Å². The third-order valence-corrected chi connectivity index (χ3v) is 6.35. The molecule has 3 rings (SSSR count). The Morgan fingerprint density at radius 3 is 2.18 bits per heavy atom. The summed E-state index contributed by atoms with van der Waals surface area (Å²) in [5, 5.41) is 6.06. The third-order valence-electron chi connectivity index (χ3n) is 6.35. The summed E-state index contributed by atoms with van der Waals surface area (Å²) in [4.78, 5) is 28.3. The largest absolute Gasteiger partial charge is 0.497 e. The lowest BCUT2D eigenvalue weighted by Gasteiger charge is -2.35. The number of aryl methyl sites for hydroxylation is 1. The quantitative estimate of drug-likeness (QED) is 0.602. The van der Waals surface area contributed by atoms with E-state index in [0.717, 1.165) is 30.0 Å². The van der Waals surface area contributed by atoms with E-state index in [1.165, 1.54) is 19.3 Å². The molecule has 0 spiro atoms. The topological polar surface area (TPSA) is 70.7 Å². The number of amides is 2. The summed E-state index contributed by atoms with van der Waals surface area (Å²) in [5.41, 5.74) is 2.80. The standard InChI is InChI=1S/C27H37N3O3/c1-19(2)25(29-26(31)22-10-8-20(3)9-11-22)27(32)28-18-24(30-16-6-5-7-17-30)21-12-14-23(33-4)15-13-21/h8-15,19,24-25H,5-7,16-18H2,1-4H3,(H,28,32)(H,29,31). The van der Waals surface area contributed by atoms with Gasteiger partial charge in [0.2, 0.25) is 5.91 Å². The molecule has 1 fully saturated rings. The van der Waals surface area contributed by atoms with Crippen molar-refractivity contribution in [3.8, 4) is 5.75 Å². The maximum atomic E-state index is 13.2. The van der Waals surface area contributed by atoms with Crippen LogP contribution in [0.1, 0.15) is 60.6 Å². The normalized spacial score (nSPS) is 16.2. The highest BCUT2D eigenvalue weighted by Crippen LogP contribution is 2.26. The monoisotopic (exact) mass is 451 g/mol. The molecule has 2 aromatic carbocycles. The summed E-state index contributed by atoms with van der Waals surface area (Å²) in [5.74, 6) is 0.403. The molecule has 1 aliphatic heterocycles. The van der Waals surface area contributed by atoms with E-state index in [1.54, 1.807) is 19.2 Å². The number of rotatable bonds is 9. The lowest BCUT2D eigenvalue weighted by molar-refractivity contribution is -0.124. The summed E-state index contributed by atoms with van der Waals surface area (Å²) >= 11 is 0. The van der Waals surface area contributed by atoms with E-state index in [9.17, 15) is 9.59 Å². The second-order valence-corrected chi connectivity index (χ2v) is 9.19. The van der Waals surface area contributed by atoms with E-state index >= 15 is 0 Å². The number of methoxy groups -OCH3 is 1. The van der Waals surface area contributed by atoms with Crippen LogP contribution in [-0.4, -0.2) is 49.5 Å². The average Bonchev–Trinajstić information content (AvgIpc) is 2.83. The van der Waals surface area contributed by atoms with Crippen molar-refractivity contribution in [2.24, 2.45) is 5.92 Å². The minimum Gasteiger partial charge on any atom is -0.497 e. The van der Waals surface area contributed by atoms with Crippen molar-refractivity contribution in [2.75, 3.05) is 26.7 Å². The zero-order chi connectivity index (χ0) is 23.8. The number of likely N-dealkylation sites (tertiary alicyclic amines) is 1. The van der Waals surface area contributed by atoms with Gasteiger partial charge in [-0.15, -0.1) is 0 Å². The van der Waals surface area contributed by atoms with Gasteiger partial charge < -0.3 is 15.4 Å². The van der Waals surface area contributed by atoms with E-state index in [-0.39, 0.29) is 23.8 Å². The Bertz CT molecular complexity index is 903. The molecule has 1 saturated heterocycles. The Balaban J connectivity index is 1.69. The lowest BCUT2D eigenvalue weighted by Crippen LogP contribution is -2.51. The smallest absolute Gasteiger partial charge is 0.251 e. The van der Waals surface area contributed by atoms with Crippen molar-refractivity contribution in [3.05, 3.63) is 65.2 Å². The van der Waals surface area contributed by atoms with Crippen LogP contribution in [0.3, 0.4) is 0 Å². The molecule has 0 radical (unpaired) electrons. The lowest BCUT2D eigenvalue weighted by atomic mass is 10.00. The van der Waals surface area contributed by atoms with E-state index in [0.29, 0.717) is 12.1 Å². The fourth-order valence-corrected chi connectivity index (χ4v) is 4.29. The number of nitrogens with zero attached hydrogens (tertiary/aromatic N) is 1. The highest BCUT2D eigenvalue weighted by atomic mass is 16.5. The SMILES string of the molecule is COc1ccc(C(CNC(=O)C(NC(=O)c2ccc(C)cc2)C(C)C)N2CCCCC2)cc1. The van der Waals surface area contributed by atoms with Crippen LogP contribution in [0, 0.1) is 12.8 Å². The molecule has 2 N–H and O–H groups in total. The van der Waals surface area contributed by atoms with Crippen molar-refractivity contribution in [1.82, 2.24) is 15.5 Å². The van der Waals surface area contributed by atoms with Gasteiger partial charge >= 0.3 is 0 Å². The summed E-state index contributed by atoms with van der Waals surface area (Å²) in [6.45, 7) is 8.41. The highest BCUT2D eigenvalue weighted by Gasteiger charge is 2.27. The van der Waals surface area contributed by atoms with E-state index < -0.39 is 6.04 Å². The molecular weight excluding hydrogens is 414 g/mol. The summed E-state index contributed by atoms with van der Waals surface area (Å²) in [6, 6.07) is 14.9. The van der Waals surface area contributed by atoms with Crippen LogP contribution >= 0.6 is 0 Å². The van der Waals surface area contributed by atoms with E-state index in [2.05, 4.69) is 27.7 Å². The number of ether oxygens (including phenoxy) is 1. The van der Waals surface area contributed by atoms with Crippen LogP contribution in [0.2, 0.25) is 0 Å². The molecule has 33 heavy (non-hydrogen) atoms. The minimum absolute atomic E-state index is 0.0335. The van der Waals surface area contributed by atoms with Gasteiger partial charge in [-0.25, -0.2) is 0 Å². The third kappa shape index (κ3) is 6.81. The fraction of sp³-hybridized carbons (Fsp3) is 0.481. The Labute approximate surface area is 197 Å². The Morgan fingerprint density at radius 2 is 1.61 bits per heavy atom. The molecule has 2 amide bonds. The molecule has 2 aromatic rings. The number of piperidine rings is 1. The van der Waals surface area contributed by atoms with E-state index in [4.69, 9.17) is 4.74 Å².